The second-order valence-electron chi connectivity index (χ2n) is 4.15. The van der Waals surface area contributed by atoms with E-state index in [4.69, 9.17) is 5.11 Å². The van der Waals surface area contributed by atoms with Gasteiger partial charge in [0.2, 0.25) is 0 Å². The Labute approximate surface area is 101 Å². The molecule has 0 aromatic heterocycles. The fourth-order valence-corrected chi connectivity index (χ4v) is 1.66. The zero-order valence-corrected chi connectivity index (χ0v) is 10.2. The largest absolute Gasteiger partial charge is 0.481 e. The lowest BCUT2D eigenvalue weighted by molar-refractivity contribution is -0.136. The first-order valence-corrected chi connectivity index (χ1v) is 5.74. The van der Waals surface area contributed by atoms with E-state index in [0.717, 1.165) is 5.69 Å². The molecule has 2 atom stereocenters. The normalized spacial score (nSPS) is 14.1. The molecule has 4 nitrogen and oxygen atoms in total. The molecule has 0 saturated heterocycles. The number of carbonyl (C=O) groups is 1. The maximum Gasteiger partial charge on any atom is 0.305 e. The van der Waals surface area contributed by atoms with Gasteiger partial charge in [0.1, 0.15) is 0 Å². The number of aliphatic hydroxyl groups is 1. The van der Waals surface area contributed by atoms with Gasteiger partial charge >= 0.3 is 5.97 Å². The van der Waals surface area contributed by atoms with Gasteiger partial charge < -0.3 is 15.1 Å². The number of hydrogen-bond donors (Lipinski definition) is 2. The number of anilines is 1. The van der Waals surface area contributed by atoms with Crippen LogP contribution in [-0.4, -0.2) is 34.9 Å². The zero-order chi connectivity index (χ0) is 12.8. The highest BCUT2D eigenvalue weighted by molar-refractivity contribution is 5.67. The number of carboxylic acid groups (broad SMARTS) is 1. The van der Waals surface area contributed by atoms with E-state index < -0.39 is 12.1 Å². The Kier molecular flexibility index (Phi) is 4.97. The van der Waals surface area contributed by atoms with E-state index in [2.05, 4.69) is 0 Å². The first-order chi connectivity index (χ1) is 8.02. The predicted molar refractivity (Wildman–Crippen MR) is 67.2 cm³/mol. The van der Waals surface area contributed by atoms with Gasteiger partial charge in [-0.25, -0.2) is 0 Å². The van der Waals surface area contributed by atoms with Gasteiger partial charge in [-0.15, -0.1) is 0 Å². The van der Waals surface area contributed by atoms with Crippen molar-refractivity contribution < 1.29 is 15.0 Å². The summed E-state index contributed by atoms with van der Waals surface area (Å²) in [6, 6.07) is 9.43. The van der Waals surface area contributed by atoms with Gasteiger partial charge in [-0.2, -0.15) is 0 Å². The molecule has 0 saturated carbocycles. The van der Waals surface area contributed by atoms with Gasteiger partial charge in [-0.05, 0) is 26.0 Å². The monoisotopic (exact) mass is 237 g/mol. The summed E-state index contributed by atoms with van der Waals surface area (Å²) in [5.74, 6) is -0.830. The van der Waals surface area contributed by atoms with Crippen LogP contribution in [0.25, 0.3) is 0 Å². The summed E-state index contributed by atoms with van der Waals surface area (Å²) in [6.07, 6.45) is -0.449. The van der Waals surface area contributed by atoms with Crippen molar-refractivity contribution in [2.45, 2.75) is 32.4 Å². The molecule has 0 radical (unpaired) electrons. The molecule has 0 aliphatic carbocycles. The van der Waals surface area contributed by atoms with Crippen LogP contribution in [0, 0.1) is 0 Å². The summed E-state index contributed by atoms with van der Waals surface area (Å²) < 4.78 is 0. The van der Waals surface area contributed by atoms with Crippen molar-refractivity contribution >= 4 is 11.7 Å². The number of aliphatic hydroxyl groups excluding tert-OH is 1. The number of rotatable bonds is 6. The van der Waals surface area contributed by atoms with Gasteiger partial charge in [0, 0.05) is 12.2 Å². The van der Waals surface area contributed by atoms with Crippen LogP contribution in [0.1, 0.15) is 20.3 Å². The summed E-state index contributed by atoms with van der Waals surface area (Å²) in [4.78, 5) is 12.6. The fraction of sp³-hybridized carbons (Fsp3) is 0.462. The Morgan fingerprint density at radius 1 is 1.29 bits per heavy atom. The van der Waals surface area contributed by atoms with Crippen molar-refractivity contribution in [2.24, 2.45) is 0 Å². The highest BCUT2D eigenvalue weighted by Gasteiger charge is 2.19. The van der Waals surface area contributed by atoms with Crippen LogP contribution in [0.3, 0.4) is 0 Å². The number of para-hydroxylation sites is 1. The van der Waals surface area contributed by atoms with E-state index in [9.17, 15) is 9.90 Å². The molecule has 2 unspecified atom stereocenters. The van der Waals surface area contributed by atoms with Crippen molar-refractivity contribution in [2.75, 3.05) is 11.4 Å². The predicted octanol–water partition coefficient (Wildman–Crippen LogP) is 1.74. The van der Waals surface area contributed by atoms with Crippen LogP contribution in [0.4, 0.5) is 5.69 Å². The molecule has 1 rings (SSSR count). The molecule has 0 heterocycles. The topological polar surface area (TPSA) is 60.8 Å². The molecule has 0 aliphatic rings. The third kappa shape index (κ3) is 4.07. The Morgan fingerprint density at radius 2 is 1.88 bits per heavy atom. The van der Waals surface area contributed by atoms with E-state index in [-0.39, 0.29) is 12.5 Å². The molecule has 0 spiro atoms. The van der Waals surface area contributed by atoms with Crippen molar-refractivity contribution in [3.63, 3.8) is 0 Å². The lowest BCUT2D eigenvalue weighted by Gasteiger charge is -2.32. The average molecular weight is 237 g/mol. The zero-order valence-electron chi connectivity index (χ0n) is 10.2. The van der Waals surface area contributed by atoms with Crippen LogP contribution in [0.15, 0.2) is 30.3 Å². The van der Waals surface area contributed by atoms with Crippen LogP contribution >= 0.6 is 0 Å². The Bertz CT molecular complexity index is 351. The summed E-state index contributed by atoms with van der Waals surface area (Å²) in [6.45, 7) is 3.99. The van der Waals surface area contributed by atoms with Gasteiger partial charge in [0.25, 0.3) is 0 Å². The lowest BCUT2D eigenvalue weighted by atomic mass is 10.1. The molecule has 0 amide bonds. The molecule has 1 aromatic rings. The maximum absolute atomic E-state index is 10.6. The summed E-state index contributed by atoms with van der Waals surface area (Å²) in [7, 11) is 0. The SMILES string of the molecule is CC(O)C(C)N(CCC(=O)O)c1ccccc1. The van der Waals surface area contributed by atoms with Crippen molar-refractivity contribution in [1.82, 2.24) is 0 Å². The third-order valence-corrected chi connectivity index (χ3v) is 2.84. The number of benzene rings is 1. The van der Waals surface area contributed by atoms with Crippen LogP contribution in [0.2, 0.25) is 0 Å². The molecule has 0 fully saturated rings. The third-order valence-electron chi connectivity index (χ3n) is 2.84. The number of carboxylic acids is 1. The van der Waals surface area contributed by atoms with E-state index in [1.54, 1.807) is 6.92 Å². The second-order valence-corrected chi connectivity index (χ2v) is 4.15. The van der Waals surface area contributed by atoms with E-state index in [0.29, 0.717) is 6.54 Å². The summed E-state index contributed by atoms with van der Waals surface area (Å²) in [5, 5.41) is 18.4. The lowest BCUT2D eigenvalue weighted by Crippen LogP contribution is -2.41. The number of aliphatic carboxylic acids is 1. The molecular formula is C13H19NO3. The number of nitrogens with zero attached hydrogens (tertiary/aromatic N) is 1. The van der Waals surface area contributed by atoms with Gasteiger partial charge in [-0.1, -0.05) is 18.2 Å². The Hall–Kier alpha value is -1.55. The number of hydrogen-bond acceptors (Lipinski definition) is 3. The minimum Gasteiger partial charge on any atom is -0.481 e. The molecule has 2 N–H and O–H groups in total. The molecule has 17 heavy (non-hydrogen) atoms. The van der Waals surface area contributed by atoms with E-state index >= 15 is 0 Å². The summed E-state index contributed by atoms with van der Waals surface area (Å²) in [5.41, 5.74) is 0.933. The molecule has 4 heteroatoms. The highest BCUT2D eigenvalue weighted by Crippen LogP contribution is 2.18. The van der Waals surface area contributed by atoms with Crippen molar-refractivity contribution in [3.8, 4) is 0 Å². The fourth-order valence-electron chi connectivity index (χ4n) is 1.66. The first-order valence-electron chi connectivity index (χ1n) is 5.74. The van der Waals surface area contributed by atoms with Crippen LogP contribution in [-0.2, 0) is 4.79 Å². The second kappa shape index (κ2) is 6.25. The van der Waals surface area contributed by atoms with Crippen molar-refractivity contribution in [3.05, 3.63) is 30.3 Å². The summed E-state index contributed by atoms with van der Waals surface area (Å²) >= 11 is 0. The quantitative estimate of drug-likeness (QED) is 0.791. The van der Waals surface area contributed by atoms with Gasteiger partial charge in [-0.3, -0.25) is 4.79 Å². The van der Waals surface area contributed by atoms with E-state index in [1.165, 1.54) is 0 Å². The standard InChI is InChI=1S/C13H19NO3/c1-10(11(2)15)14(9-8-13(16)17)12-6-4-3-5-7-12/h3-7,10-11,15H,8-9H2,1-2H3,(H,16,17). The first kappa shape index (κ1) is 13.5. The minimum atomic E-state index is -0.830. The molecule has 94 valence electrons. The van der Waals surface area contributed by atoms with Gasteiger partial charge in [0.15, 0.2) is 0 Å². The highest BCUT2D eigenvalue weighted by atomic mass is 16.4. The van der Waals surface area contributed by atoms with Crippen LogP contribution < -0.4 is 4.90 Å². The molecule has 0 bridgehead atoms. The van der Waals surface area contributed by atoms with Crippen LogP contribution in [0.5, 0.6) is 0 Å². The smallest absolute Gasteiger partial charge is 0.305 e. The van der Waals surface area contributed by atoms with Gasteiger partial charge in [0.05, 0.1) is 18.6 Å². The average Bonchev–Trinajstić information content (AvgIpc) is 2.30. The minimum absolute atomic E-state index is 0.0615. The molecular weight excluding hydrogens is 218 g/mol. The Morgan fingerprint density at radius 3 is 2.35 bits per heavy atom. The van der Waals surface area contributed by atoms with Crippen molar-refractivity contribution in [1.29, 1.82) is 0 Å². The molecule has 1 aromatic carbocycles. The Balaban J connectivity index is 2.82. The van der Waals surface area contributed by atoms with E-state index in [1.807, 2.05) is 42.2 Å². The maximum atomic E-state index is 10.6. The molecule has 0 aliphatic heterocycles.